The van der Waals surface area contributed by atoms with Crippen LogP contribution in [0.25, 0.3) is 0 Å². The molecule has 116 valence electrons. The van der Waals surface area contributed by atoms with E-state index in [0.717, 1.165) is 37.2 Å². The number of rotatable bonds is 7. The molecule has 1 aliphatic rings. The Hall–Kier alpha value is -1.55. The van der Waals surface area contributed by atoms with Gasteiger partial charge in [0.2, 0.25) is 0 Å². The Kier molecular flexibility index (Phi) is 6.05. The minimum absolute atomic E-state index is 0.0168. The van der Waals surface area contributed by atoms with Crippen LogP contribution in [-0.4, -0.2) is 25.1 Å². The van der Waals surface area contributed by atoms with Gasteiger partial charge in [0.25, 0.3) is 5.91 Å². The van der Waals surface area contributed by atoms with Gasteiger partial charge in [-0.25, -0.2) is 0 Å². The van der Waals surface area contributed by atoms with Crippen LogP contribution in [0.5, 0.6) is 5.75 Å². The van der Waals surface area contributed by atoms with Crippen molar-refractivity contribution >= 4 is 5.91 Å². The second kappa shape index (κ2) is 8.03. The molecule has 1 aliphatic carbocycles. The summed E-state index contributed by atoms with van der Waals surface area (Å²) in [6.45, 7) is 5.91. The Balaban J connectivity index is 1.87. The smallest absolute Gasteiger partial charge is 0.258 e. The zero-order valence-corrected chi connectivity index (χ0v) is 13.1. The van der Waals surface area contributed by atoms with Crippen LogP contribution >= 0.6 is 0 Å². The van der Waals surface area contributed by atoms with Crippen LogP contribution in [0.15, 0.2) is 18.2 Å². The molecule has 1 amide bonds. The molecular formula is C17H26N2O2. The predicted octanol–water partition coefficient (Wildman–Crippen LogP) is 2.54. The van der Waals surface area contributed by atoms with E-state index in [2.05, 4.69) is 30.5 Å². The molecule has 0 aromatic heterocycles. The van der Waals surface area contributed by atoms with Crippen molar-refractivity contribution in [2.45, 2.75) is 52.1 Å². The molecule has 1 fully saturated rings. The van der Waals surface area contributed by atoms with Crippen molar-refractivity contribution in [1.82, 2.24) is 10.6 Å². The monoisotopic (exact) mass is 290 g/mol. The SMILES string of the molecule is CCNCc1cc(C)ccc1OCC(=O)NC1CCCC1. The van der Waals surface area contributed by atoms with Crippen LogP contribution in [0.2, 0.25) is 0 Å². The number of hydrogen-bond donors (Lipinski definition) is 2. The summed E-state index contributed by atoms with van der Waals surface area (Å²) in [4.78, 5) is 11.9. The van der Waals surface area contributed by atoms with E-state index < -0.39 is 0 Å². The third-order valence-corrected chi connectivity index (χ3v) is 3.86. The van der Waals surface area contributed by atoms with Gasteiger partial charge in [0, 0.05) is 18.2 Å². The average Bonchev–Trinajstić information content (AvgIpc) is 2.97. The van der Waals surface area contributed by atoms with Gasteiger partial charge in [0.1, 0.15) is 5.75 Å². The van der Waals surface area contributed by atoms with Gasteiger partial charge in [-0.05, 0) is 32.4 Å². The quantitative estimate of drug-likeness (QED) is 0.811. The third-order valence-electron chi connectivity index (χ3n) is 3.86. The molecule has 0 atom stereocenters. The largest absolute Gasteiger partial charge is 0.483 e. The van der Waals surface area contributed by atoms with Crippen LogP contribution in [-0.2, 0) is 11.3 Å². The topological polar surface area (TPSA) is 50.4 Å². The molecule has 21 heavy (non-hydrogen) atoms. The minimum atomic E-state index is -0.0168. The lowest BCUT2D eigenvalue weighted by Gasteiger charge is -2.15. The average molecular weight is 290 g/mol. The van der Waals surface area contributed by atoms with Crippen molar-refractivity contribution in [1.29, 1.82) is 0 Å². The van der Waals surface area contributed by atoms with Gasteiger partial charge < -0.3 is 15.4 Å². The van der Waals surface area contributed by atoms with Crippen molar-refractivity contribution in [3.63, 3.8) is 0 Å². The number of carbonyl (C=O) groups excluding carboxylic acids is 1. The van der Waals surface area contributed by atoms with Gasteiger partial charge in [-0.1, -0.05) is 37.5 Å². The molecular weight excluding hydrogens is 264 g/mol. The van der Waals surface area contributed by atoms with E-state index in [1.807, 2.05) is 12.1 Å². The first-order valence-electron chi connectivity index (χ1n) is 7.91. The zero-order valence-electron chi connectivity index (χ0n) is 13.1. The summed E-state index contributed by atoms with van der Waals surface area (Å²) in [5.41, 5.74) is 2.30. The summed E-state index contributed by atoms with van der Waals surface area (Å²) < 4.78 is 5.71. The Bertz CT molecular complexity index is 468. The highest BCUT2D eigenvalue weighted by atomic mass is 16.5. The molecule has 1 saturated carbocycles. The molecule has 4 heteroatoms. The number of nitrogens with one attached hydrogen (secondary N) is 2. The Morgan fingerprint density at radius 1 is 1.33 bits per heavy atom. The molecule has 0 unspecified atom stereocenters. The molecule has 0 aliphatic heterocycles. The van der Waals surface area contributed by atoms with E-state index in [0.29, 0.717) is 6.04 Å². The van der Waals surface area contributed by atoms with Crippen LogP contribution in [0.3, 0.4) is 0 Å². The van der Waals surface area contributed by atoms with Crippen molar-refractivity contribution in [3.05, 3.63) is 29.3 Å². The van der Waals surface area contributed by atoms with Gasteiger partial charge in [-0.15, -0.1) is 0 Å². The highest BCUT2D eigenvalue weighted by molar-refractivity contribution is 5.77. The molecule has 0 heterocycles. The second-order valence-electron chi connectivity index (χ2n) is 5.73. The molecule has 0 spiro atoms. The molecule has 4 nitrogen and oxygen atoms in total. The summed E-state index contributed by atoms with van der Waals surface area (Å²) in [6, 6.07) is 6.41. The Labute approximate surface area is 127 Å². The molecule has 0 bridgehead atoms. The highest BCUT2D eigenvalue weighted by Gasteiger charge is 2.17. The van der Waals surface area contributed by atoms with Crippen LogP contribution in [0.1, 0.15) is 43.7 Å². The first-order valence-corrected chi connectivity index (χ1v) is 7.91. The fourth-order valence-corrected chi connectivity index (χ4v) is 2.73. The van der Waals surface area contributed by atoms with Crippen molar-refractivity contribution in [2.24, 2.45) is 0 Å². The van der Waals surface area contributed by atoms with Crippen LogP contribution < -0.4 is 15.4 Å². The summed E-state index contributed by atoms with van der Waals surface area (Å²) in [7, 11) is 0. The fraction of sp³-hybridized carbons (Fsp3) is 0.588. The number of aryl methyl sites for hydroxylation is 1. The summed E-state index contributed by atoms with van der Waals surface area (Å²) in [5, 5.41) is 6.34. The number of ether oxygens (including phenoxy) is 1. The summed E-state index contributed by atoms with van der Waals surface area (Å²) in [6.07, 6.45) is 4.64. The van der Waals surface area contributed by atoms with Gasteiger partial charge in [-0.3, -0.25) is 4.79 Å². The van der Waals surface area contributed by atoms with E-state index in [9.17, 15) is 4.79 Å². The molecule has 0 saturated heterocycles. The van der Waals surface area contributed by atoms with Gasteiger partial charge in [0.15, 0.2) is 6.61 Å². The van der Waals surface area contributed by atoms with Crippen LogP contribution in [0, 0.1) is 6.92 Å². The first kappa shape index (κ1) is 15.8. The van der Waals surface area contributed by atoms with Gasteiger partial charge in [-0.2, -0.15) is 0 Å². The van der Waals surface area contributed by atoms with E-state index in [1.54, 1.807) is 0 Å². The molecule has 2 rings (SSSR count). The maximum atomic E-state index is 11.9. The van der Waals surface area contributed by atoms with Crippen molar-refractivity contribution < 1.29 is 9.53 Å². The standard InChI is InChI=1S/C17H26N2O2/c1-3-18-11-14-10-13(2)8-9-16(14)21-12-17(20)19-15-6-4-5-7-15/h8-10,15,18H,3-7,11-12H2,1-2H3,(H,19,20). The summed E-state index contributed by atoms with van der Waals surface area (Å²) >= 11 is 0. The maximum absolute atomic E-state index is 11.9. The number of hydrogen-bond acceptors (Lipinski definition) is 3. The fourth-order valence-electron chi connectivity index (χ4n) is 2.73. The zero-order chi connectivity index (χ0) is 15.1. The number of carbonyl (C=O) groups is 1. The second-order valence-corrected chi connectivity index (χ2v) is 5.73. The first-order chi connectivity index (χ1) is 10.2. The Morgan fingerprint density at radius 2 is 2.10 bits per heavy atom. The molecule has 1 aromatic carbocycles. The molecule has 2 N–H and O–H groups in total. The van der Waals surface area contributed by atoms with E-state index in [4.69, 9.17) is 4.74 Å². The van der Waals surface area contributed by atoms with Crippen molar-refractivity contribution in [2.75, 3.05) is 13.2 Å². The number of amides is 1. The third kappa shape index (κ3) is 5.05. The lowest BCUT2D eigenvalue weighted by molar-refractivity contribution is -0.123. The maximum Gasteiger partial charge on any atom is 0.258 e. The number of benzene rings is 1. The Morgan fingerprint density at radius 3 is 2.81 bits per heavy atom. The highest BCUT2D eigenvalue weighted by Crippen LogP contribution is 2.20. The van der Waals surface area contributed by atoms with Crippen LogP contribution in [0.4, 0.5) is 0 Å². The minimum Gasteiger partial charge on any atom is -0.483 e. The lowest BCUT2D eigenvalue weighted by Crippen LogP contribution is -2.36. The van der Waals surface area contributed by atoms with E-state index in [1.165, 1.54) is 18.4 Å². The van der Waals surface area contributed by atoms with Gasteiger partial charge in [0.05, 0.1) is 0 Å². The molecule has 1 aromatic rings. The van der Waals surface area contributed by atoms with E-state index in [-0.39, 0.29) is 12.5 Å². The van der Waals surface area contributed by atoms with E-state index >= 15 is 0 Å². The lowest BCUT2D eigenvalue weighted by atomic mass is 10.1. The van der Waals surface area contributed by atoms with Gasteiger partial charge >= 0.3 is 0 Å². The summed E-state index contributed by atoms with van der Waals surface area (Å²) in [5.74, 6) is 0.778. The predicted molar refractivity (Wildman–Crippen MR) is 84.5 cm³/mol. The van der Waals surface area contributed by atoms with Crippen molar-refractivity contribution in [3.8, 4) is 5.75 Å². The molecule has 0 radical (unpaired) electrons. The normalized spacial score (nSPS) is 15.1.